The van der Waals surface area contributed by atoms with Crippen molar-refractivity contribution in [3.8, 4) is 28.9 Å². The fourth-order valence-electron chi connectivity index (χ4n) is 3.74. The maximum atomic E-state index is 12.2. The maximum Gasteiger partial charge on any atom is 0.254 e. The second-order valence-electron chi connectivity index (χ2n) is 7.34. The van der Waals surface area contributed by atoms with Gasteiger partial charge in [0.05, 0.1) is 12.6 Å². The van der Waals surface area contributed by atoms with E-state index < -0.39 is 5.91 Å². The van der Waals surface area contributed by atoms with Gasteiger partial charge in [0.15, 0.2) is 6.19 Å². The van der Waals surface area contributed by atoms with E-state index in [0.29, 0.717) is 40.9 Å². The van der Waals surface area contributed by atoms with Crippen molar-refractivity contribution in [1.82, 2.24) is 14.7 Å². The predicted octanol–water partition coefficient (Wildman–Crippen LogP) is 3.79. The van der Waals surface area contributed by atoms with Crippen LogP contribution in [0.4, 0.5) is 5.82 Å². The zero-order chi connectivity index (χ0) is 22.0. The van der Waals surface area contributed by atoms with Crippen LogP contribution in [-0.2, 0) is 0 Å². The number of carbonyl (C=O) groups excluding carboxylic acids is 1. The number of nitrogens with zero attached hydrogens (tertiary/aromatic N) is 4. The number of amides is 1. The minimum Gasteiger partial charge on any atom is -0.457 e. The van der Waals surface area contributed by atoms with E-state index >= 15 is 0 Å². The normalized spacial score (nSPS) is 16.0. The van der Waals surface area contributed by atoms with Crippen molar-refractivity contribution in [2.75, 3.05) is 18.8 Å². The smallest absolute Gasteiger partial charge is 0.254 e. The average molecular weight is 437 g/mol. The number of rotatable bonds is 5. The first-order chi connectivity index (χ1) is 15.0. The zero-order valence-corrected chi connectivity index (χ0v) is 17.4. The topological polar surface area (TPSA) is 123 Å². The van der Waals surface area contributed by atoms with Gasteiger partial charge in [-0.25, -0.2) is 4.68 Å². The lowest BCUT2D eigenvalue weighted by Gasteiger charge is -2.29. The standard InChI is InChI=1S/C22H21ClN6O2/c23-15-5-9-18(10-6-15)31-17-7-3-14(4-8-17)20-19(22(26)30)21(25)29(27-20)16-2-1-11-28(12-16)13-24/h3-10,16H,1-2,11-12,25H2,(H2,26,30)/t16-/m0/s1. The van der Waals surface area contributed by atoms with Gasteiger partial charge in [-0.15, -0.1) is 0 Å². The third-order valence-electron chi connectivity index (χ3n) is 5.25. The number of likely N-dealkylation sites (tertiary alicyclic amines) is 1. The van der Waals surface area contributed by atoms with Crippen LogP contribution in [0, 0.1) is 11.5 Å². The van der Waals surface area contributed by atoms with E-state index in [0.717, 1.165) is 12.8 Å². The summed E-state index contributed by atoms with van der Waals surface area (Å²) in [5.41, 5.74) is 13.2. The molecule has 1 atom stereocenters. The molecule has 1 aliphatic rings. The Morgan fingerprint density at radius 2 is 1.81 bits per heavy atom. The first kappa shape index (κ1) is 20.6. The van der Waals surface area contributed by atoms with Gasteiger partial charge in [0, 0.05) is 17.1 Å². The Morgan fingerprint density at radius 3 is 2.42 bits per heavy atom. The van der Waals surface area contributed by atoms with Gasteiger partial charge in [-0.1, -0.05) is 11.6 Å². The van der Waals surface area contributed by atoms with Gasteiger partial charge >= 0.3 is 0 Å². The molecule has 2 heterocycles. The number of anilines is 1. The molecule has 0 unspecified atom stereocenters. The van der Waals surface area contributed by atoms with E-state index in [1.165, 1.54) is 0 Å². The number of carbonyl (C=O) groups is 1. The fourth-order valence-corrected chi connectivity index (χ4v) is 3.86. The van der Waals surface area contributed by atoms with Gasteiger partial charge in [-0.2, -0.15) is 10.4 Å². The van der Waals surface area contributed by atoms with Crippen molar-refractivity contribution in [2.45, 2.75) is 18.9 Å². The summed E-state index contributed by atoms with van der Waals surface area (Å²) in [4.78, 5) is 13.8. The zero-order valence-electron chi connectivity index (χ0n) is 16.7. The molecule has 31 heavy (non-hydrogen) atoms. The van der Waals surface area contributed by atoms with E-state index in [-0.39, 0.29) is 17.4 Å². The molecule has 2 aromatic carbocycles. The second kappa shape index (κ2) is 8.58. The van der Waals surface area contributed by atoms with Crippen molar-refractivity contribution in [3.05, 3.63) is 59.1 Å². The summed E-state index contributed by atoms with van der Waals surface area (Å²) in [6, 6.07) is 14.1. The number of halogens is 1. The van der Waals surface area contributed by atoms with Crippen LogP contribution in [0.5, 0.6) is 11.5 Å². The van der Waals surface area contributed by atoms with Crippen molar-refractivity contribution in [3.63, 3.8) is 0 Å². The van der Waals surface area contributed by atoms with Gasteiger partial charge in [-0.05, 0) is 61.4 Å². The summed E-state index contributed by atoms with van der Waals surface area (Å²) in [7, 11) is 0. The Hall–Kier alpha value is -3.70. The van der Waals surface area contributed by atoms with E-state index in [1.54, 1.807) is 58.1 Å². The number of hydrogen-bond acceptors (Lipinski definition) is 6. The Labute approximate surface area is 184 Å². The van der Waals surface area contributed by atoms with Gasteiger partial charge in [-0.3, -0.25) is 4.79 Å². The first-order valence-corrected chi connectivity index (χ1v) is 10.2. The van der Waals surface area contributed by atoms with Crippen molar-refractivity contribution in [1.29, 1.82) is 5.26 Å². The molecule has 0 saturated carbocycles. The van der Waals surface area contributed by atoms with Crippen LogP contribution in [0.15, 0.2) is 48.5 Å². The average Bonchev–Trinajstić information content (AvgIpc) is 3.13. The van der Waals surface area contributed by atoms with Crippen LogP contribution in [0.1, 0.15) is 29.2 Å². The van der Waals surface area contributed by atoms with Crippen LogP contribution < -0.4 is 16.2 Å². The Bertz CT molecular complexity index is 1130. The van der Waals surface area contributed by atoms with E-state index in [9.17, 15) is 10.1 Å². The summed E-state index contributed by atoms with van der Waals surface area (Å²) in [6.07, 6.45) is 3.82. The van der Waals surface area contributed by atoms with Gasteiger partial charge in [0.2, 0.25) is 0 Å². The predicted molar refractivity (Wildman–Crippen MR) is 118 cm³/mol. The molecule has 8 nitrogen and oxygen atoms in total. The summed E-state index contributed by atoms with van der Waals surface area (Å²) in [6.45, 7) is 1.20. The van der Waals surface area contributed by atoms with Crippen LogP contribution in [0.3, 0.4) is 0 Å². The molecule has 1 saturated heterocycles. The first-order valence-electron chi connectivity index (χ1n) is 9.82. The van der Waals surface area contributed by atoms with Crippen molar-refractivity contribution < 1.29 is 9.53 Å². The highest BCUT2D eigenvalue weighted by Crippen LogP contribution is 2.33. The lowest BCUT2D eigenvalue weighted by molar-refractivity contribution is 0.100. The molecule has 3 aromatic rings. The highest BCUT2D eigenvalue weighted by Gasteiger charge is 2.28. The quantitative estimate of drug-likeness (QED) is 0.586. The van der Waals surface area contributed by atoms with E-state index in [2.05, 4.69) is 11.3 Å². The van der Waals surface area contributed by atoms with Crippen LogP contribution in [0.2, 0.25) is 5.02 Å². The molecule has 0 radical (unpaired) electrons. The fraction of sp³-hybridized carbons (Fsp3) is 0.227. The van der Waals surface area contributed by atoms with Crippen LogP contribution in [0.25, 0.3) is 11.3 Å². The molecule has 1 aromatic heterocycles. The summed E-state index contributed by atoms with van der Waals surface area (Å²) in [5, 5.41) is 14.5. The molecule has 0 aliphatic carbocycles. The summed E-state index contributed by atoms with van der Waals surface area (Å²) in [5.74, 6) is 0.848. The number of hydrogen-bond donors (Lipinski definition) is 2. The highest BCUT2D eigenvalue weighted by molar-refractivity contribution is 6.30. The maximum absolute atomic E-state index is 12.2. The lowest BCUT2D eigenvalue weighted by atomic mass is 10.1. The summed E-state index contributed by atoms with van der Waals surface area (Å²) < 4.78 is 7.44. The Kier molecular flexibility index (Phi) is 5.69. The number of nitrogens with two attached hydrogens (primary N) is 2. The van der Waals surface area contributed by atoms with Gasteiger partial charge in [0.25, 0.3) is 5.91 Å². The molecule has 1 amide bonds. The number of benzene rings is 2. The van der Waals surface area contributed by atoms with Gasteiger partial charge in [0.1, 0.15) is 28.6 Å². The van der Waals surface area contributed by atoms with E-state index in [4.69, 9.17) is 27.8 Å². The second-order valence-corrected chi connectivity index (χ2v) is 7.78. The monoisotopic (exact) mass is 436 g/mol. The molecular weight excluding hydrogens is 416 g/mol. The Balaban J connectivity index is 1.63. The third kappa shape index (κ3) is 4.27. The minimum absolute atomic E-state index is 0.104. The molecule has 0 bridgehead atoms. The molecule has 4 rings (SSSR count). The number of nitriles is 1. The number of primary amides is 1. The molecule has 158 valence electrons. The van der Waals surface area contributed by atoms with E-state index in [1.807, 2.05) is 0 Å². The van der Waals surface area contributed by atoms with Crippen molar-refractivity contribution >= 4 is 23.3 Å². The highest BCUT2D eigenvalue weighted by atomic mass is 35.5. The molecule has 4 N–H and O–H groups in total. The number of piperidine rings is 1. The summed E-state index contributed by atoms with van der Waals surface area (Å²) >= 11 is 5.90. The third-order valence-corrected chi connectivity index (χ3v) is 5.51. The molecule has 1 aliphatic heterocycles. The molecular formula is C22H21ClN6O2. The lowest BCUT2D eigenvalue weighted by Crippen LogP contribution is -2.34. The SMILES string of the molecule is N#CN1CCC[C@H](n2nc(-c3ccc(Oc4ccc(Cl)cc4)cc3)c(C(N)=O)c2N)C1. The van der Waals surface area contributed by atoms with Crippen LogP contribution in [-0.4, -0.2) is 33.7 Å². The largest absolute Gasteiger partial charge is 0.457 e. The Morgan fingerprint density at radius 1 is 1.16 bits per heavy atom. The minimum atomic E-state index is -0.645. The molecule has 9 heteroatoms. The van der Waals surface area contributed by atoms with Crippen LogP contribution >= 0.6 is 11.6 Å². The number of aromatic nitrogens is 2. The molecule has 0 spiro atoms. The number of nitrogen functional groups attached to an aromatic ring is 1. The number of ether oxygens (including phenoxy) is 1. The molecule has 1 fully saturated rings. The van der Waals surface area contributed by atoms with Crippen molar-refractivity contribution in [2.24, 2.45) is 5.73 Å². The van der Waals surface area contributed by atoms with Gasteiger partial charge < -0.3 is 21.1 Å².